The van der Waals surface area contributed by atoms with Crippen LogP contribution in [0.5, 0.6) is 5.75 Å². The molecule has 1 aliphatic heterocycles. The molecule has 0 aromatic heterocycles. The summed E-state index contributed by atoms with van der Waals surface area (Å²) in [6.07, 6.45) is -6.93. The van der Waals surface area contributed by atoms with Crippen molar-refractivity contribution in [1.29, 1.82) is 0 Å². The molecule has 0 bridgehead atoms. The lowest BCUT2D eigenvalue weighted by Crippen LogP contribution is -2.64. The van der Waals surface area contributed by atoms with Crippen LogP contribution in [0.2, 0.25) is 25.1 Å². The lowest BCUT2D eigenvalue weighted by molar-refractivity contribution is -0.365. The van der Waals surface area contributed by atoms with Crippen LogP contribution in [0.15, 0.2) is 88.7 Å². The third-order valence-corrected chi connectivity index (χ3v) is 12.6. The maximum absolute atomic E-state index is 13.0. The van der Waals surface area contributed by atoms with E-state index in [0.717, 1.165) is 0 Å². The van der Waals surface area contributed by atoms with Gasteiger partial charge >= 0.3 is 10.1 Å². The number of halogens is 5. The summed E-state index contributed by atoms with van der Waals surface area (Å²) in [5.74, 6) is -2.15. The molecule has 1 fully saturated rings. The summed E-state index contributed by atoms with van der Waals surface area (Å²) in [4.78, 5) is -0.867. The van der Waals surface area contributed by atoms with Crippen LogP contribution in [0.3, 0.4) is 0 Å². The highest BCUT2D eigenvalue weighted by Crippen LogP contribution is 2.41. The molecule has 1 heterocycles. The highest BCUT2D eigenvalue weighted by Gasteiger charge is 2.55. The van der Waals surface area contributed by atoms with Crippen LogP contribution in [0.4, 0.5) is 0 Å². The molecule has 50 heavy (non-hydrogen) atoms. The fourth-order valence-electron chi connectivity index (χ4n) is 5.29. The van der Waals surface area contributed by atoms with Gasteiger partial charge in [0.1, 0.15) is 40.0 Å². The van der Waals surface area contributed by atoms with Crippen LogP contribution in [0, 0.1) is 0 Å². The second-order valence-electron chi connectivity index (χ2n) is 11.0. The van der Waals surface area contributed by atoms with Gasteiger partial charge in [-0.2, -0.15) is 16.8 Å². The topological polar surface area (TPSA) is 166 Å². The van der Waals surface area contributed by atoms with Crippen molar-refractivity contribution in [3.63, 3.8) is 0 Å². The first kappa shape index (κ1) is 39.0. The summed E-state index contributed by atoms with van der Waals surface area (Å²) in [6.45, 7) is -0.826. The molecule has 0 saturated carbocycles. The van der Waals surface area contributed by atoms with Gasteiger partial charge in [0.05, 0.1) is 26.7 Å². The molecule has 268 valence electrons. The van der Waals surface area contributed by atoms with Gasteiger partial charge in [0.2, 0.25) is 5.79 Å². The van der Waals surface area contributed by atoms with Crippen molar-refractivity contribution in [2.24, 2.45) is 0 Å². The number of benzene rings is 4. The second-order valence-corrected chi connectivity index (χ2v) is 16.0. The molecule has 0 aliphatic carbocycles. The quantitative estimate of drug-likeness (QED) is 0.152. The molecule has 3 N–H and O–H groups in total. The molecular formula is C32H27Cl5O11S2. The number of methoxy groups -OCH3 is 1. The van der Waals surface area contributed by atoms with Gasteiger partial charge in [-0.1, -0.05) is 88.3 Å². The smallest absolute Gasteiger partial charge is 0.342 e. The Labute approximate surface area is 313 Å². The Bertz CT molecular complexity index is 2060. The Kier molecular flexibility index (Phi) is 12.0. The maximum Gasteiger partial charge on any atom is 0.342 e. The van der Waals surface area contributed by atoms with Gasteiger partial charge in [-0.25, -0.2) is 0 Å². The minimum Gasteiger partial charge on any atom is -0.387 e. The molecule has 1 saturated heterocycles. The van der Waals surface area contributed by atoms with Crippen molar-refractivity contribution in [3.05, 3.63) is 121 Å². The average molecular weight is 829 g/mol. The highest BCUT2D eigenvalue weighted by molar-refractivity contribution is 7.87. The first-order valence-corrected chi connectivity index (χ1v) is 19.1. The summed E-state index contributed by atoms with van der Waals surface area (Å²) in [6, 6.07) is 18.8. The van der Waals surface area contributed by atoms with Crippen LogP contribution in [-0.2, 0) is 46.1 Å². The zero-order chi connectivity index (χ0) is 36.6. The van der Waals surface area contributed by atoms with Crippen LogP contribution < -0.4 is 4.18 Å². The largest absolute Gasteiger partial charge is 0.387 e. The van der Waals surface area contributed by atoms with E-state index in [2.05, 4.69) is 0 Å². The van der Waals surface area contributed by atoms with Gasteiger partial charge in [0, 0.05) is 17.7 Å². The van der Waals surface area contributed by atoms with Gasteiger partial charge in [-0.3, -0.25) is 4.18 Å². The Morgan fingerprint density at radius 1 is 0.720 bits per heavy atom. The van der Waals surface area contributed by atoms with Crippen molar-refractivity contribution in [3.8, 4) is 5.75 Å². The monoisotopic (exact) mass is 826 g/mol. The summed E-state index contributed by atoms with van der Waals surface area (Å²) in [7, 11) is -7.75. The van der Waals surface area contributed by atoms with Crippen molar-refractivity contribution < 1.29 is 50.0 Å². The van der Waals surface area contributed by atoms with E-state index in [1.165, 1.54) is 73.8 Å². The molecular weight excluding hydrogens is 802 g/mol. The molecule has 11 nitrogen and oxygen atoms in total. The fourth-order valence-corrected chi connectivity index (χ4v) is 9.51. The molecule has 4 aromatic rings. The van der Waals surface area contributed by atoms with Crippen molar-refractivity contribution in [1.82, 2.24) is 0 Å². The summed E-state index contributed by atoms with van der Waals surface area (Å²) in [5, 5.41) is 32.4. The summed E-state index contributed by atoms with van der Waals surface area (Å²) < 4.78 is 73.6. The molecule has 5 rings (SSSR count). The van der Waals surface area contributed by atoms with E-state index in [1.54, 1.807) is 12.1 Å². The van der Waals surface area contributed by atoms with E-state index >= 15 is 0 Å². The highest BCUT2D eigenvalue weighted by atomic mass is 35.5. The Balaban J connectivity index is 1.37. The molecule has 18 heteroatoms. The summed E-state index contributed by atoms with van der Waals surface area (Å²) in [5.41, 5.74) is 1.30. The molecule has 1 aliphatic rings. The number of rotatable bonds is 11. The van der Waals surface area contributed by atoms with Crippen molar-refractivity contribution >= 4 is 78.2 Å². The zero-order valence-electron chi connectivity index (χ0n) is 25.5. The Morgan fingerprint density at radius 2 is 1.26 bits per heavy atom. The maximum atomic E-state index is 13.0. The second kappa shape index (κ2) is 15.4. The molecule has 4 aromatic carbocycles. The minimum atomic E-state index is -4.57. The van der Waals surface area contributed by atoms with E-state index in [-0.39, 0.29) is 42.7 Å². The van der Waals surface area contributed by atoms with Crippen LogP contribution in [0.25, 0.3) is 0 Å². The van der Waals surface area contributed by atoms with Gasteiger partial charge in [-0.05, 0) is 66.1 Å². The van der Waals surface area contributed by atoms with E-state index in [1.807, 2.05) is 0 Å². The van der Waals surface area contributed by atoms with Gasteiger partial charge in [0.15, 0.2) is 0 Å². The normalized spacial score (nSPS) is 22.7. The number of aliphatic hydroxyl groups excluding tert-OH is 3. The molecule has 5 atom stereocenters. The number of hydrogen-bond donors (Lipinski definition) is 3. The molecule has 0 radical (unpaired) electrons. The number of ether oxygens (including phenoxy) is 2. The first-order valence-electron chi connectivity index (χ1n) is 14.4. The standard InChI is InChI=1S/C32H27Cl5O11S2/c1-45-32(31(40)28(39)27(38)26(47-32)16-46-49(41,42)29-22(34)4-2-5-23(29)35)19-10-13-21(33)18(15-19)14-17-8-11-20(12-9-17)48-50(43,44)30-24(36)6-3-7-25(30)37/h2-13,15,26-28,31,38-40H,14,16H2,1H3/t26-,27-,28?,31-,32+/m1/s1. The van der Waals surface area contributed by atoms with Gasteiger partial charge in [0.25, 0.3) is 10.1 Å². The fraction of sp³-hybridized carbons (Fsp3) is 0.250. The Morgan fingerprint density at radius 3 is 1.80 bits per heavy atom. The lowest BCUT2D eigenvalue weighted by atomic mass is 9.87. The first-order chi connectivity index (χ1) is 23.5. The Hall–Kier alpha value is -2.21. The van der Waals surface area contributed by atoms with Crippen molar-refractivity contribution in [2.75, 3.05) is 13.7 Å². The van der Waals surface area contributed by atoms with Gasteiger partial charge in [-0.15, -0.1) is 0 Å². The number of hydrogen-bond acceptors (Lipinski definition) is 11. The molecule has 1 unspecified atom stereocenters. The van der Waals surface area contributed by atoms with Gasteiger partial charge < -0.3 is 29.0 Å². The molecule has 0 spiro atoms. The third-order valence-electron chi connectivity index (χ3n) is 7.77. The zero-order valence-corrected chi connectivity index (χ0v) is 31.0. The SMILES string of the molecule is CO[C@@]1(c2ccc(Cl)c(Cc3ccc(OS(=O)(=O)c4c(Cl)cccc4Cl)cc3)c2)O[C@H](COS(=O)(=O)c2c(Cl)cccc2Cl)[C@@H](O)C(O)[C@H]1O. The van der Waals surface area contributed by atoms with Crippen LogP contribution >= 0.6 is 58.0 Å². The van der Waals surface area contributed by atoms with E-state index in [4.69, 9.17) is 75.8 Å². The lowest BCUT2D eigenvalue weighted by Gasteiger charge is -2.48. The molecule has 0 amide bonds. The van der Waals surface area contributed by atoms with E-state index in [0.29, 0.717) is 16.1 Å². The average Bonchev–Trinajstić information content (AvgIpc) is 3.05. The van der Waals surface area contributed by atoms with Crippen LogP contribution in [-0.4, -0.2) is 70.3 Å². The third kappa shape index (κ3) is 7.91. The predicted molar refractivity (Wildman–Crippen MR) is 186 cm³/mol. The van der Waals surface area contributed by atoms with E-state index < -0.39 is 61.9 Å². The van der Waals surface area contributed by atoms with Crippen molar-refractivity contribution in [2.45, 2.75) is 46.4 Å². The number of aliphatic hydroxyl groups is 3. The predicted octanol–water partition coefficient (Wildman–Crippen LogP) is 6.00. The summed E-state index contributed by atoms with van der Waals surface area (Å²) >= 11 is 30.7. The van der Waals surface area contributed by atoms with Crippen LogP contribution in [0.1, 0.15) is 16.7 Å². The minimum absolute atomic E-state index is 0.0127. The van der Waals surface area contributed by atoms with E-state index in [9.17, 15) is 32.2 Å².